The van der Waals surface area contributed by atoms with E-state index in [0.29, 0.717) is 5.69 Å². The zero-order valence-electron chi connectivity index (χ0n) is 17.1. The van der Waals surface area contributed by atoms with Gasteiger partial charge in [-0.1, -0.05) is 60.2 Å². The molecule has 0 unspecified atom stereocenters. The second-order valence-electron chi connectivity index (χ2n) is 7.21. The Bertz CT molecular complexity index is 1240. The maximum atomic E-state index is 12.9. The molecular weight excluding hydrogens is 410 g/mol. The van der Waals surface area contributed by atoms with Crippen molar-refractivity contribution in [3.05, 3.63) is 105 Å². The number of hydrazine groups is 1. The van der Waals surface area contributed by atoms with E-state index >= 15 is 0 Å². The fourth-order valence-corrected chi connectivity index (χ4v) is 3.39. The monoisotopic (exact) mass is 429 g/mol. The Hall–Kier alpha value is -4.46. The quantitative estimate of drug-likeness (QED) is 0.277. The van der Waals surface area contributed by atoms with Crippen LogP contribution in [0, 0.1) is 17.0 Å². The van der Waals surface area contributed by atoms with Crippen LogP contribution >= 0.6 is 0 Å². The average Bonchev–Trinajstić information content (AvgIpc) is 3.07. The van der Waals surface area contributed by atoms with Crippen LogP contribution in [0.15, 0.2) is 78.4 Å². The van der Waals surface area contributed by atoms with Crippen molar-refractivity contribution in [3.63, 3.8) is 0 Å². The number of hydrogen-bond donors (Lipinski definition) is 1. The molecule has 160 valence electrons. The number of nitrogens with one attached hydrogen (secondary N) is 1. The molecule has 0 atom stereocenters. The highest BCUT2D eigenvalue weighted by molar-refractivity contribution is 6.31. The third kappa shape index (κ3) is 4.20. The molecule has 0 spiro atoms. The van der Waals surface area contributed by atoms with Gasteiger partial charge < -0.3 is 4.74 Å². The largest absolute Gasteiger partial charge is 0.482 e. The molecule has 32 heavy (non-hydrogen) atoms. The number of amides is 2. The molecule has 0 aromatic heterocycles. The number of rotatable bonds is 6. The molecule has 0 radical (unpaired) electrons. The first kappa shape index (κ1) is 20.8. The van der Waals surface area contributed by atoms with E-state index in [2.05, 4.69) is 5.43 Å². The van der Waals surface area contributed by atoms with Crippen LogP contribution in [0.5, 0.6) is 5.75 Å². The van der Waals surface area contributed by atoms with Crippen molar-refractivity contribution in [1.82, 2.24) is 5.43 Å². The number of carbonyl (C=O) groups is 2. The number of nitrogens with zero attached hydrogens (tertiary/aromatic N) is 2. The number of anilines is 1. The van der Waals surface area contributed by atoms with Gasteiger partial charge in [0.15, 0.2) is 0 Å². The Labute approximate surface area is 183 Å². The third-order valence-electron chi connectivity index (χ3n) is 4.89. The molecule has 0 bridgehead atoms. The normalized spacial score (nSPS) is 14.5. The fourth-order valence-electron chi connectivity index (χ4n) is 3.39. The summed E-state index contributed by atoms with van der Waals surface area (Å²) in [5, 5.41) is 12.7. The lowest BCUT2D eigenvalue weighted by Gasteiger charge is -2.14. The van der Waals surface area contributed by atoms with E-state index in [4.69, 9.17) is 4.74 Å². The summed E-state index contributed by atoms with van der Waals surface area (Å²) >= 11 is 0. The molecule has 1 aliphatic heterocycles. The molecule has 0 aliphatic carbocycles. The van der Waals surface area contributed by atoms with Crippen LogP contribution in [0.4, 0.5) is 11.4 Å². The minimum Gasteiger partial charge on any atom is -0.482 e. The summed E-state index contributed by atoms with van der Waals surface area (Å²) in [6.07, 6.45) is 1.32. The number of carbonyl (C=O) groups excluding carboxylic acids is 2. The van der Waals surface area contributed by atoms with Crippen molar-refractivity contribution >= 4 is 29.3 Å². The van der Waals surface area contributed by atoms with E-state index in [0.717, 1.165) is 16.1 Å². The molecule has 1 aliphatic rings. The molecule has 1 N–H and O–H groups in total. The van der Waals surface area contributed by atoms with Crippen LogP contribution in [0.3, 0.4) is 0 Å². The van der Waals surface area contributed by atoms with Crippen molar-refractivity contribution in [2.24, 2.45) is 0 Å². The number of hydrogen-bond acceptors (Lipinski definition) is 5. The van der Waals surface area contributed by atoms with Crippen molar-refractivity contribution in [2.75, 3.05) is 5.01 Å². The Morgan fingerprint density at radius 3 is 2.50 bits per heavy atom. The van der Waals surface area contributed by atoms with Crippen LogP contribution in [0.25, 0.3) is 6.08 Å². The number of aryl methyl sites for hydroxylation is 1. The van der Waals surface area contributed by atoms with Crippen LogP contribution < -0.4 is 15.2 Å². The van der Waals surface area contributed by atoms with Crippen LogP contribution in [0.2, 0.25) is 0 Å². The van der Waals surface area contributed by atoms with Gasteiger partial charge in [-0.05, 0) is 30.7 Å². The van der Waals surface area contributed by atoms with E-state index in [1.807, 2.05) is 31.2 Å². The molecule has 1 fully saturated rings. The standard InChI is InChI=1S/C24H19N3O5/c1-16-7-5-8-17(13-16)15-32-22-18(9-6-12-21(22)27(30)31)14-20-23(28)25-26(24(20)29)19-10-3-2-4-11-19/h2-14H,15H2,1H3,(H,25,28)/b20-14-. The van der Waals surface area contributed by atoms with E-state index in [1.54, 1.807) is 36.4 Å². The zero-order chi connectivity index (χ0) is 22.7. The van der Waals surface area contributed by atoms with E-state index in [9.17, 15) is 19.7 Å². The Morgan fingerprint density at radius 1 is 1.03 bits per heavy atom. The summed E-state index contributed by atoms with van der Waals surface area (Å²) in [6.45, 7) is 2.03. The third-order valence-corrected chi connectivity index (χ3v) is 4.89. The van der Waals surface area contributed by atoms with Gasteiger partial charge in [0.05, 0.1) is 10.6 Å². The van der Waals surface area contributed by atoms with Crippen LogP contribution in [0.1, 0.15) is 16.7 Å². The van der Waals surface area contributed by atoms with Gasteiger partial charge in [0.1, 0.15) is 12.2 Å². The molecule has 1 saturated heterocycles. The minimum atomic E-state index is -0.602. The summed E-state index contributed by atoms with van der Waals surface area (Å²) in [7, 11) is 0. The van der Waals surface area contributed by atoms with Gasteiger partial charge in [-0.2, -0.15) is 0 Å². The smallest absolute Gasteiger partial charge is 0.311 e. The van der Waals surface area contributed by atoms with Gasteiger partial charge in [0.25, 0.3) is 11.8 Å². The Kier molecular flexibility index (Phi) is 5.67. The molecule has 3 aromatic rings. The molecule has 3 aromatic carbocycles. The molecule has 2 amide bonds. The molecule has 0 saturated carbocycles. The van der Waals surface area contributed by atoms with Crippen LogP contribution in [-0.4, -0.2) is 16.7 Å². The zero-order valence-corrected chi connectivity index (χ0v) is 17.1. The summed E-state index contributed by atoms with van der Waals surface area (Å²) in [4.78, 5) is 36.4. The van der Waals surface area contributed by atoms with E-state index < -0.39 is 16.7 Å². The Balaban J connectivity index is 1.69. The van der Waals surface area contributed by atoms with Gasteiger partial charge in [0.2, 0.25) is 5.75 Å². The number of ether oxygens (including phenoxy) is 1. The second kappa shape index (κ2) is 8.73. The first-order chi connectivity index (χ1) is 15.4. The number of nitro groups is 1. The van der Waals surface area contributed by atoms with Gasteiger partial charge in [-0.25, -0.2) is 5.01 Å². The van der Waals surface area contributed by atoms with Gasteiger partial charge >= 0.3 is 5.69 Å². The summed E-state index contributed by atoms with van der Waals surface area (Å²) in [5.41, 5.74) is 4.76. The van der Waals surface area contributed by atoms with Gasteiger partial charge in [-0.3, -0.25) is 25.1 Å². The van der Waals surface area contributed by atoms with E-state index in [1.165, 1.54) is 18.2 Å². The summed E-state index contributed by atoms with van der Waals surface area (Å²) in [5.74, 6) is -1.17. The molecule has 8 heteroatoms. The first-order valence-electron chi connectivity index (χ1n) is 9.82. The Morgan fingerprint density at radius 2 is 1.78 bits per heavy atom. The number of benzene rings is 3. The van der Waals surface area contributed by atoms with Crippen LogP contribution in [-0.2, 0) is 16.2 Å². The van der Waals surface area contributed by atoms with Crippen molar-refractivity contribution in [1.29, 1.82) is 0 Å². The minimum absolute atomic E-state index is 0.00901. The second-order valence-corrected chi connectivity index (χ2v) is 7.21. The summed E-state index contributed by atoms with van der Waals surface area (Å²) in [6, 6.07) is 20.6. The predicted octanol–water partition coefficient (Wildman–Crippen LogP) is 3.94. The maximum absolute atomic E-state index is 12.9. The fraction of sp³-hybridized carbons (Fsp3) is 0.0833. The lowest BCUT2D eigenvalue weighted by molar-refractivity contribution is -0.386. The van der Waals surface area contributed by atoms with Crippen molar-refractivity contribution in [2.45, 2.75) is 13.5 Å². The SMILES string of the molecule is Cc1cccc(COc2c(/C=C3/C(=O)NN(c4ccccc4)C3=O)cccc2[N+](=O)[O-])c1. The lowest BCUT2D eigenvalue weighted by atomic mass is 10.1. The molecule has 4 rings (SSSR count). The maximum Gasteiger partial charge on any atom is 0.311 e. The first-order valence-corrected chi connectivity index (χ1v) is 9.82. The highest BCUT2D eigenvalue weighted by Gasteiger charge is 2.35. The van der Waals surface area contributed by atoms with Crippen molar-refractivity contribution in [3.8, 4) is 5.75 Å². The van der Waals surface area contributed by atoms with Crippen molar-refractivity contribution < 1.29 is 19.2 Å². The lowest BCUT2D eigenvalue weighted by Crippen LogP contribution is -2.35. The van der Waals surface area contributed by atoms with Gasteiger partial charge in [-0.15, -0.1) is 0 Å². The predicted molar refractivity (Wildman–Crippen MR) is 119 cm³/mol. The van der Waals surface area contributed by atoms with Gasteiger partial charge in [0, 0.05) is 11.6 Å². The topological polar surface area (TPSA) is 102 Å². The number of nitro benzene ring substituents is 1. The van der Waals surface area contributed by atoms with E-state index in [-0.39, 0.29) is 29.2 Å². The highest BCUT2D eigenvalue weighted by Crippen LogP contribution is 2.34. The molecule has 8 nitrogen and oxygen atoms in total. The molecule has 1 heterocycles. The highest BCUT2D eigenvalue weighted by atomic mass is 16.6. The molecular formula is C24H19N3O5. The average molecular weight is 429 g/mol. The summed E-state index contributed by atoms with van der Waals surface area (Å²) < 4.78 is 5.82. The number of para-hydroxylation sites is 2.